The van der Waals surface area contributed by atoms with Crippen molar-refractivity contribution in [3.05, 3.63) is 41.1 Å². The number of hydrogen-bond acceptors (Lipinski definition) is 3. The predicted octanol–water partition coefficient (Wildman–Crippen LogP) is 2.96. The van der Waals surface area contributed by atoms with Crippen molar-refractivity contribution in [3.8, 4) is 0 Å². The summed E-state index contributed by atoms with van der Waals surface area (Å²) in [5, 5.41) is 3.14. The van der Waals surface area contributed by atoms with Crippen LogP contribution >= 0.6 is 24.2 Å². The van der Waals surface area contributed by atoms with Crippen molar-refractivity contribution in [2.45, 2.75) is 0 Å². The molecular formula is C11H10ClFN2S. The second-order valence-corrected chi connectivity index (χ2v) is 4.28. The topological polar surface area (TPSA) is 15.6 Å². The Morgan fingerprint density at radius 2 is 2.00 bits per heavy atom. The summed E-state index contributed by atoms with van der Waals surface area (Å²) in [6.45, 7) is 1.80. The molecule has 0 unspecified atom stereocenters. The van der Waals surface area contributed by atoms with Crippen LogP contribution < -0.4 is 0 Å². The number of hydrogen-bond donors (Lipinski definition) is 0. The van der Waals surface area contributed by atoms with Crippen LogP contribution in [0.2, 0.25) is 0 Å². The summed E-state index contributed by atoms with van der Waals surface area (Å²) in [6.07, 6.45) is 0. The van der Waals surface area contributed by atoms with Crippen molar-refractivity contribution in [2.24, 2.45) is 4.99 Å². The zero-order valence-corrected chi connectivity index (χ0v) is 10.0. The number of nitrogens with zero attached hydrogens (tertiary/aromatic N) is 2. The lowest BCUT2D eigenvalue weighted by atomic mass is 10.1. The van der Waals surface area contributed by atoms with E-state index in [1.165, 1.54) is 12.1 Å². The summed E-state index contributed by atoms with van der Waals surface area (Å²) in [6, 6.07) is 6.60. The summed E-state index contributed by atoms with van der Waals surface area (Å²) in [5.74, 6) is -0.194. The fourth-order valence-corrected chi connectivity index (χ4v) is 2.73. The Labute approximate surface area is 104 Å². The van der Waals surface area contributed by atoms with Gasteiger partial charge in [0.1, 0.15) is 5.82 Å². The lowest BCUT2D eigenvalue weighted by Gasteiger charge is -2.16. The van der Waals surface area contributed by atoms with Gasteiger partial charge < -0.3 is 4.90 Å². The minimum atomic E-state index is -0.194. The average molecular weight is 257 g/mol. The van der Waals surface area contributed by atoms with Gasteiger partial charge in [0.15, 0.2) is 5.17 Å². The largest absolute Gasteiger partial charge is 0.318 e. The average Bonchev–Trinajstić information content (AvgIpc) is 2.80. The van der Waals surface area contributed by atoms with E-state index >= 15 is 0 Å². The van der Waals surface area contributed by atoms with Crippen molar-refractivity contribution in [1.82, 2.24) is 4.90 Å². The maximum Gasteiger partial charge on any atom is 0.168 e. The predicted molar refractivity (Wildman–Crippen MR) is 68.2 cm³/mol. The Balaban J connectivity index is 0.000000963. The third-order valence-electron chi connectivity index (χ3n) is 2.51. The number of thioether (sulfide) groups is 1. The molecule has 0 radical (unpaired) electrons. The summed E-state index contributed by atoms with van der Waals surface area (Å²) in [4.78, 5) is 6.55. The first-order chi connectivity index (χ1) is 7.34. The molecule has 2 heterocycles. The van der Waals surface area contributed by atoms with Crippen LogP contribution in [0.5, 0.6) is 0 Å². The van der Waals surface area contributed by atoms with Crippen molar-refractivity contribution in [1.29, 1.82) is 0 Å². The molecule has 0 bridgehead atoms. The van der Waals surface area contributed by atoms with Gasteiger partial charge >= 0.3 is 0 Å². The molecule has 16 heavy (non-hydrogen) atoms. The number of halogens is 2. The first-order valence-electron chi connectivity index (χ1n) is 4.79. The van der Waals surface area contributed by atoms with Crippen LogP contribution in [0.3, 0.4) is 0 Å². The number of fused-ring (bicyclic) bond motifs is 1. The number of rotatable bonds is 1. The first kappa shape index (κ1) is 11.5. The highest BCUT2D eigenvalue weighted by molar-refractivity contribution is 8.16. The van der Waals surface area contributed by atoms with E-state index in [1.54, 1.807) is 11.8 Å². The number of aliphatic imine (C=N–C) groups is 1. The van der Waals surface area contributed by atoms with Gasteiger partial charge in [0.05, 0.1) is 12.2 Å². The Bertz CT molecular complexity index is 456. The highest BCUT2D eigenvalue weighted by Gasteiger charge is 2.26. The van der Waals surface area contributed by atoms with E-state index in [0.29, 0.717) is 0 Å². The molecule has 2 nitrogen and oxygen atoms in total. The molecule has 0 spiro atoms. The van der Waals surface area contributed by atoms with Crippen LogP contribution in [-0.2, 0) is 0 Å². The Kier molecular flexibility index (Phi) is 3.21. The quantitative estimate of drug-likeness (QED) is 0.768. The van der Waals surface area contributed by atoms with Crippen LogP contribution in [0.25, 0.3) is 5.70 Å². The van der Waals surface area contributed by atoms with Gasteiger partial charge in [0.2, 0.25) is 0 Å². The smallest absolute Gasteiger partial charge is 0.168 e. The summed E-state index contributed by atoms with van der Waals surface area (Å²) >= 11 is 1.64. The van der Waals surface area contributed by atoms with Crippen LogP contribution in [0.15, 0.2) is 34.7 Å². The second-order valence-electron chi connectivity index (χ2n) is 3.44. The molecule has 0 saturated heterocycles. The Morgan fingerprint density at radius 1 is 1.25 bits per heavy atom. The first-order valence-corrected chi connectivity index (χ1v) is 5.67. The van der Waals surface area contributed by atoms with Crippen LogP contribution in [-0.4, -0.2) is 23.2 Å². The molecule has 0 atom stereocenters. The molecule has 0 saturated carbocycles. The van der Waals surface area contributed by atoms with E-state index in [2.05, 4.69) is 15.3 Å². The molecule has 5 heteroatoms. The summed E-state index contributed by atoms with van der Waals surface area (Å²) in [5.41, 5.74) is 2.19. The highest BCUT2D eigenvalue weighted by Crippen LogP contribution is 2.34. The number of amidine groups is 1. The van der Waals surface area contributed by atoms with E-state index in [1.807, 2.05) is 12.1 Å². The molecule has 0 fully saturated rings. The molecular weight excluding hydrogens is 247 g/mol. The standard InChI is InChI=1S/C11H9FN2S.ClH/c12-9-3-1-8(2-4-9)10-7-15-11-13-5-6-14(10)11;/h1-4,7H,5-6H2;1H. The molecule has 0 aliphatic carbocycles. The third-order valence-corrected chi connectivity index (χ3v) is 3.41. The zero-order valence-electron chi connectivity index (χ0n) is 8.39. The molecule has 2 aliphatic heterocycles. The van der Waals surface area contributed by atoms with Gasteiger partial charge in [0.25, 0.3) is 0 Å². The molecule has 0 aromatic heterocycles. The van der Waals surface area contributed by atoms with Gasteiger partial charge in [-0.25, -0.2) is 4.39 Å². The van der Waals surface area contributed by atoms with Crippen molar-refractivity contribution < 1.29 is 4.39 Å². The fraction of sp³-hybridized carbons (Fsp3) is 0.182. The van der Waals surface area contributed by atoms with Gasteiger partial charge in [-0.3, -0.25) is 4.99 Å². The van der Waals surface area contributed by atoms with E-state index in [-0.39, 0.29) is 18.2 Å². The lowest BCUT2D eigenvalue weighted by molar-refractivity contribution is 0.626. The Hall–Kier alpha value is -1.00. The van der Waals surface area contributed by atoms with Crippen molar-refractivity contribution in [2.75, 3.05) is 13.1 Å². The van der Waals surface area contributed by atoms with E-state index in [9.17, 15) is 4.39 Å². The van der Waals surface area contributed by atoms with Gasteiger partial charge in [-0.1, -0.05) is 11.8 Å². The zero-order chi connectivity index (χ0) is 10.3. The van der Waals surface area contributed by atoms with E-state index in [4.69, 9.17) is 0 Å². The number of benzene rings is 1. The van der Waals surface area contributed by atoms with Gasteiger partial charge in [0, 0.05) is 12.0 Å². The van der Waals surface area contributed by atoms with Crippen molar-refractivity contribution >= 4 is 35.0 Å². The van der Waals surface area contributed by atoms with E-state index < -0.39 is 0 Å². The minimum absolute atomic E-state index is 0. The molecule has 0 amide bonds. The van der Waals surface area contributed by atoms with Crippen LogP contribution in [0.4, 0.5) is 4.39 Å². The summed E-state index contributed by atoms with van der Waals surface area (Å²) in [7, 11) is 0. The normalized spacial score (nSPS) is 17.7. The maximum atomic E-state index is 12.8. The van der Waals surface area contributed by atoms with Gasteiger partial charge in [-0.05, 0) is 29.8 Å². The molecule has 2 aliphatic rings. The van der Waals surface area contributed by atoms with Crippen LogP contribution in [0, 0.1) is 5.82 Å². The molecule has 84 valence electrons. The van der Waals surface area contributed by atoms with Gasteiger partial charge in [-0.2, -0.15) is 0 Å². The summed E-state index contributed by atoms with van der Waals surface area (Å²) < 4.78 is 12.8. The third kappa shape index (κ3) is 1.83. The molecule has 3 rings (SSSR count). The lowest BCUT2D eigenvalue weighted by Crippen LogP contribution is -2.19. The SMILES string of the molecule is Cl.Fc1ccc(C2=CSC3=NCCN23)cc1. The molecule has 1 aromatic carbocycles. The monoisotopic (exact) mass is 256 g/mol. The van der Waals surface area contributed by atoms with Crippen molar-refractivity contribution in [3.63, 3.8) is 0 Å². The molecule has 0 N–H and O–H groups in total. The fourth-order valence-electron chi connectivity index (χ4n) is 1.77. The minimum Gasteiger partial charge on any atom is -0.318 e. The van der Waals surface area contributed by atoms with Gasteiger partial charge in [-0.15, -0.1) is 12.4 Å². The maximum absolute atomic E-state index is 12.8. The van der Waals surface area contributed by atoms with Crippen LogP contribution in [0.1, 0.15) is 5.56 Å². The van der Waals surface area contributed by atoms with E-state index in [0.717, 1.165) is 29.5 Å². The molecule has 1 aromatic rings. The Morgan fingerprint density at radius 3 is 2.75 bits per heavy atom. The highest BCUT2D eigenvalue weighted by atomic mass is 35.5. The second kappa shape index (κ2) is 4.47.